The minimum Gasteiger partial charge on any atom is -0.327 e. The van der Waals surface area contributed by atoms with Crippen LogP contribution in [-0.2, 0) is 6.42 Å². The van der Waals surface area contributed by atoms with Crippen molar-refractivity contribution >= 4 is 0 Å². The standard InChI is InChI=1S/C17H27N/c1-13-7-9-14(10-8-13)12-16(18)15-6-4-5-11-17(15,2)3/h7-10,15-16H,4-6,11-12,18H2,1-3H3. The van der Waals surface area contributed by atoms with Gasteiger partial charge in [-0.25, -0.2) is 0 Å². The molecule has 1 saturated carbocycles. The average Bonchev–Trinajstić information content (AvgIpc) is 2.31. The van der Waals surface area contributed by atoms with Crippen molar-refractivity contribution in [2.75, 3.05) is 0 Å². The lowest BCUT2D eigenvalue weighted by atomic mass is 9.65. The Morgan fingerprint density at radius 1 is 1.22 bits per heavy atom. The van der Waals surface area contributed by atoms with Crippen LogP contribution in [0, 0.1) is 18.3 Å². The summed E-state index contributed by atoms with van der Waals surface area (Å²) in [5.74, 6) is 0.674. The molecule has 0 aliphatic heterocycles. The highest BCUT2D eigenvalue weighted by molar-refractivity contribution is 5.22. The summed E-state index contributed by atoms with van der Waals surface area (Å²) in [6, 6.07) is 9.14. The molecule has 0 radical (unpaired) electrons. The summed E-state index contributed by atoms with van der Waals surface area (Å²) in [7, 11) is 0. The van der Waals surface area contributed by atoms with E-state index in [1.807, 2.05) is 0 Å². The van der Waals surface area contributed by atoms with Crippen molar-refractivity contribution in [2.45, 2.75) is 58.9 Å². The van der Waals surface area contributed by atoms with Crippen LogP contribution < -0.4 is 5.73 Å². The van der Waals surface area contributed by atoms with Crippen LogP contribution >= 0.6 is 0 Å². The largest absolute Gasteiger partial charge is 0.327 e. The molecular weight excluding hydrogens is 218 g/mol. The van der Waals surface area contributed by atoms with Crippen molar-refractivity contribution in [3.63, 3.8) is 0 Å². The first kappa shape index (κ1) is 13.6. The number of nitrogens with two attached hydrogens (primary N) is 1. The van der Waals surface area contributed by atoms with Gasteiger partial charge in [-0.1, -0.05) is 56.5 Å². The Kier molecular flexibility index (Phi) is 4.11. The van der Waals surface area contributed by atoms with E-state index in [0.29, 0.717) is 17.4 Å². The molecule has 0 aromatic heterocycles. The van der Waals surface area contributed by atoms with Crippen molar-refractivity contribution in [3.8, 4) is 0 Å². The van der Waals surface area contributed by atoms with Crippen LogP contribution in [0.5, 0.6) is 0 Å². The molecule has 2 N–H and O–H groups in total. The van der Waals surface area contributed by atoms with Crippen LogP contribution in [-0.4, -0.2) is 6.04 Å². The lowest BCUT2D eigenvalue weighted by Gasteiger charge is -2.42. The van der Waals surface area contributed by atoms with E-state index in [4.69, 9.17) is 5.73 Å². The van der Waals surface area contributed by atoms with Gasteiger partial charge in [0.25, 0.3) is 0 Å². The van der Waals surface area contributed by atoms with Gasteiger partial charge in [0.05, 0.1) is 0 Å². The summed E-state index contributed by atoms with van der Waals surface area (Å²) >= 11 is 0. The van der Waals surface area contributed by atoms with E-state index in [1.54, 1.807) is 0 Å². The van der Waals surface area contributed by atoms with Crippen LogP contribution in [0.4, 0.5) is 0 Å². The van der Waals surface area contributed by atoms with E-state index in [1.165, 1.54) is 36.8 Å². The van der Waals surface area contributed by atoms with Crippen LogP contribution in [0.25, 0.3) is 0 Å². The van der Waals surface area contributed by atoms with Gasteiger partial charge in [0.15, 0.2) is 0 Å². The molecule has 2 unspecified atom stereocenters. The van der Waals surface area contributed by atoms with Gasteiger partial charge in [-0.3, -0.25) is 0 Å². The van der Waals surface area contributed by atoms with Gasteiger partial charge in [0.2, 0.25) is 0 Å². The van der Waals surface area contributed by atoms with E-state index in [-0.39, 0.29) is 0 Å². The fraction of sp³-hybridized carbons (Fsp3) is 0.647. The molecule has 1 fully saturated rings. The number of aryl methyl sites for hydroxylation is 1. The minimum absolute atomic E-state index is 0.308. The summed E-state index contributed by atoms with van der Waals surface area (Å²) in [5, 5.41) is 0. The molecule has 1 aliphatic rings. The Morgan fingerprint density at radius 3 is 2.50 bits per heavy atom. The van der Waals surface area contributed by atoms with Crippen molar-refractivity contribution in [3.05, 3.63) is 35.4 Å². The molecule has 18 heavy (non-hydrogen) atoms. The second-order valence-electron chi connectivity index (χ2n) is 6.69. The monoisotopic (exact) mass is 245 g/mol. The Balaban J connectivity index is 2.02. The molecular formula is C17H27N. The summed E-state index contributed by atoms with van der Waals surface area (Å²) in [6.07, 6.45) is 6.39. The zero-order chi connectivity index (χ0) is 13.2. The lowest BCUT2D eigenvalue weighted by molar-refractivity contribution is 0.112. The third-order valence-corrected chi connectivity index (χ3v) is 4.70. The molecule has 1 nitrogen and oxygen atoms in total. The molecule has 1 aromatic carbocycles. The number of hydrogen-bond donors (Lipinski definition) is 1. The molecule has 0 heterocycles. The van der Waals surface area contributed by atoms with Crippen LogP contribution in [0.3, 0.4) is 0 Å². The highest BCUT2D eigenvalue weighted by Crippen LogP contribution is 2.42. The maximum absolute atomic E-state index is 6.49. The highest BCUT2D eigenvalue weighted by atomic mass is 14.7. The predicted molar refractivity (Wildman–Crippen MR) is 78.6 cm³/mol. The van der Waals surface area contributed by atoms with E-state index >= 15 is 0 Å². The van der Waals surface area contributed by atoms with Gasteiger partial charge < -0.3 is 5.73 Å². The Morgan fingerprint density at radius 2 is 1.89 bits per heavy atom. The first-order valence-electron chi connectivity index (χ1n) is 7.30. The molecule has 2 atom stereocenters. The van der Waals surface area contributed by atoms with Gasteiger partial charge in [-0.05, 0) is 43.1 Å². The van der Waals surface area contributed by atoms with Gasteiger partial charge in [0.1, 0.15) is 0 Å². The third kappa shape index (κ3) is 3.14. The number of benzene rings is 1. The van der Waals surface area contributed by atoms with Gasteiger partial charge in [0, 0.05) is 6.04 Å². The summed E-state index contributed by atoms with van der Waals surface area (Å²) in [6.45, 7) is 6.92. The summed E-state index contributed by atoms with van der Waals surface area (Å²) < 4.78 is 0. The Bertz CT molecular complexity index is 377. The molecule has 100 valence electrons. The summed E-state index contributed by atoms with van der Waals surface area (Å²) in [4.78, 5) is 0. The number of hydrogen-bond acceptors (Lipinski definition) is 1. The van der Waals surface area contributed by atoms with E-state index in [0.717, 1.165) is 6.42 Å². The van der Waals surface area contributed by atoms with Gasteiger partial charge in [-0.15, -0.1) is 0 Å². The fourth-order valence-corrected chi connectivity index (χ4v) is 3.45. The molecule has 1 aromatic rings. The SMILES string of the molecule is Cc1ccc(CC(N)C2CCCCC2(C)C)cc1. The molecule has 0 saturated heterocycles. The first-order chi connectivity index (χ1) is 8.49. The molecule has 1 heteroatoms. The Hall–Kier alpha value is -0.820. The average molecular weight is 245 g/mol. The molecule has 0 amide bonds. The zero-order valence-electron chi connectivity index (χ0n) is 12.1. The van der Waals surface area contributed by atoms with Crippen molar-refractivity contribution in [1.82, 2.24) is 0 Å². The van der Waals surface area contributed by atoms with E-state index in [9.17, 15) is 0 Å². The van der Waals surface area contributed by atoms with E-state index < -0.39 is 0 Å². The quantitative estimate of drug-likeness (QED) is 0.853. The van der Waals surface area contributed by atoms with Crippen LogP contribution in [0.1, 0.15) is 50.7 Å². The zero-order valence-corrected chi connectivity index (χ0v) is 12.1. The molecule has 0 spiro atoms. The van der Waals surface area contributed by atoms with Crippen molar-refractivity contribution in [1.29, 1.82) is 0 Å². The fourth-order valence-electron chi connectivity index (χ4n) is 3.45. The minimum atomic E-state index is 0.308. The Labute approximate surface area is 112 Å². The van der Waals surface area contributed by atoms with Crippen LogP contribution in [0.2, 0.25) is 0 Å². The maximum atomic E-state index is 6.49. The normalized spacial score (nSPS) is 24.8. The smallest absolute Gasteiger partial charge is 0.0113 e. The van der Waals surface area contributed by atoms with Crippen molar-refractivity contribution in [2.24, 2.45) is 17.1 Å². The molecule has 2 rings (SSSR count). The van der Waals surface area contributed by atoms with Crippen LogP contribution in [0.15, 0.2) is 24.3 Å². The molecule has 0 bridgehead atoms. The second-order valence-corrected chi connectivity index (χ2v) is 6.69. The third-order valence-electron chi connectivity index (χ3n) is 4.70. The maximum Gasteiger partial charge on any atom is 0.0113 e. The van der Waals surface area contributed by atoms with Gasteiger partial charge >= 0.3 is 0 Å². The first-order valence-corrected chi connectivity index (χ1v) is 7.30. The number of rotatable bonds is 3. The second kappa shape index (κ2) is 5.44. The molecule has 1 aliphatic carbocycles. The highest BCUT2D eigenvalue weighted by Gasteiger charge is 2.35. The lowest BCUT2D eigenvalue weighted by Crippen LogP contribution is -2.42. The summed E-state index contributed by atoms with van der Waals surface area (Å²) in [5.41, 5.74) is 9.62. The van der Waals surface area contributed by atoms with E-state index in [2.05, 4.69) is 45.0 Å². The topological polar surface area (TPSA) is 26.0 Å². The van der Waals surface area contributed by atoms with Gasteiger partial charge in [-0.2, -0.15) is 0 Å². The van der Waals surface area contributed by atoms with Crippen molar-refractivity contribution < 1.29 is 0 Å². The predicted octanol–water partition coefficient (Wildman–Crippen LogP) is 4.08.